The van der Waals surface area contributed by atoms with Gasteiger partial charge in [0.1, 0.15) is 11.6 Å². The lowest BCUT2D eigenvalue weighted by molar-refractivity contribution is -0.132. The van der Waals surface area contributed by atoms with Gasteiger partial charge in [-0.1, -0.05) is 11.6 Å². The maximum Gasteiger partial charge on any atom is 0.260 e. The monoisotopic (exact) mass is 300 g/mol. The summed E-state index contributed by atoms with van der Waals surface area (Å²) in [5, 5.41) is -0.0649. The number of rotatable bonds is 4. The third kappa shape index (κ3) is 3.39. The van der Waals surface area contributed by atoms with Crippen LogP contribution in [0.15, 0.2) is 18.2 Å². The van der Waals surface area contributed by atoms with Crippen molar-refractivity contribution in [1.82, 2.24) is 4.90 Å². The number of hydrogen-bond acceptors (Lipinski definition) is 3. The van der Waals surface area contributed by atoms with E-state index in [1.54, 1.807) is 0 Å². The summed E-state index contributed by atoms with van der Waals surface area (Å²) in [7, 11) is 0. The van der Waals surface area contributed by atoms with Gasteiger partial charge in [0.05, 0.1) is 10.9 Å². The molecule has 20 heavy (non-hydrogen) atoms. The SMILES string of the molecule is NC(=O)C1CCN(C(=O)COc2ccc(F)c(Cl)c2)C1. The lowest BCUT2D eigenvalue weighted by atomic mass is 10.1. The number of carbonyl (C=O) groups excluding carboxylic acids is 2. The van der Waals surface area contributed by atoms with Gasteiger partial charge in [0, 0.05) is 19.2 Å². The van der Waals surface area contributed by atoms with E-state index in [-0.39, 0.29) is 23.5 Å². The number of amides is 2. The Labute approximate surface area is 120 Å². The Balaban J connectivity index is 1.86. The van der Waals surface area contributed by atoms with Crippen molar-refractivity contribution in [1.29, 1.82) is 0 Å². The highest BCUT2D eigenvalue weighted by Crippen LogP contribution is 2.21. The molecule has 1 aromatic rings. The normalized spacial score (nSPS) is 18.1. The summed E-state index contributed by atoms with van der Waals surface area (Å²) < 4.78 is 18.2. The minimum absolute atomic E-state index is 0.0649. The van der Waals surface area contributed by atoms with E-state index in [0.717, 1.165) is 0 Å². The van der Waals surface area contributed by atoms with Crippen LogP contribution in [0.4, 0.5) is 4.39 Å². The summed E-state index contributed by atoms with van der Waals surface area (Å²) in [6.07, 6.45) is 0.573. The van der Waals surface area contributed by atoms with Crippen molar-refractivity contribution in [2.45, 2.75) is 6.42 Å². The van der Waals surface area contributed by atoms with Crippen LogP contribution in [0.5, 0.6) is 5.75 Å². The van der Waals surface area contributed by atoms with Gasteiger partial charge in [-0.05, 0) is 18.6 Å². The maximum atomic E-state index is 13.0. The van der Waals surface area contributed by atoms with Crippen molar-refractivity contribution in [3.05, 3.63) is 29.0 Å². The average Bonchev–Trinajstić information content (AvgIpc) is 2.89. The summed E-state index contributed by atoms with van der Waals surface area (Å²) in [5.74, 6) is -1.16. The first-order valence-electron chi connectivity index (χ1n) is 6.12. The Morgan fingerprint density at radius 3 is 2.85 bits per heavy atom. The fraction of sp³-hybridized carbons (Fsp3) is 0.385. The van der Waals surface area contributed by atoms with Crippen LogP contribution in [0, 0.1) is 11.7 Å². The van der Waals surface area contributed by atoms with Crippen LogP contribution < -0.4 is 10.5 Å². The Kier molecular flexibility index (Phi) is 4.44. The lowest BCUT2D eigenvalue weighted by Gasteiger charge is -2.16. The zero-order chi connectivity index (χ0) is 14.7. The van der Waals surface area contributed by atoms with Gasteiger partial charge in [0.2, 0.25) is 5.91 Å². The van der Waals surface area contributed by atoms with E-state index in [2.05, 4.69) is 0 Å². The Morgan fingerprint density at radius 2 is 2.25 bits per heavy atom. The second-order valence-electron chi connectivity index (χ2n) is 4.59. The molecule has 0 bridgehead atoms. The Hall–Kier alpha value is -1.82. The van der Waals surface area contributed by atoms with Crippen molar-refractivity contribution in [3.8, 4) is 5.75 Å². The van der Waals surface area contributed by atoms with E-state index in [1.165, 1.54) is 23.1 Å². The minimum Gasteiger partial charge on any atom is -0.484 e. The number of benzene rings is 1. The first-order chi connectivity index (χ1) is 9.47. The van der Waals surface area contributed by atoms with Gasteiger partial charge >= 0.3 is 0 Å². The first kappa shape index (κ1) is 14.6. The van der Waals surface area contributed by atoms with E-state index >= 15 is 0 Å². The number of ether oxygens (including phenoxy) is 1. The van der Waals surface area contributed by atoms with E-state index in [4.69, 9.17) is 22.1 Å². The largest absolute Gasteiger partial charge is 0.484 e. The predicted octanol–water partition coefficient (Wildman–Crippen LogP) is 1.19. The molecule has 1 unspecified atom stereocenters. The molecule has 0 saturated carbocycles. The van der Waals surface area contributed by atoms with Gasteiger partial charge in [-0.2, -0.15) is 0 Å². The van der Waals surface area contributed by atoms with Crippen molar-refractivity contribution in [3.63, 3.8) is 0 Å². The van der Waals surface area contributed by atoms with Gasteiger partial charge in [0.25, 0.3) is 5.91 Å². The smallest absolute Gasteiger partial charge is 0.260 e. The number of halogens is 2. The number of carbonyl (C=O) groups is 2. The zero-order valence-electron chi connectivity index (χ0n) is 10.6. The molecule has 1 heterocycles. The van der Waals surface area contributed by atoms with Crippen molar-refractivity contribution >= 4 is 23.4 Å². The molecule has 2 amide bonds. The summed E-state index contributed by atoms with van der Waals surface area (Å²) >= 11 is 5.61. The van der Waals surface area contributed by atoms with Gasteiger partial charge in [-0.3, -0.25) is 9.59 Å². The standard InChI is InChI=1S/C13H14ClFN2O3/c14-10-5-9(1-2-11(10)15)20-7-12(18)17-4-3-8(6-17)13(16)19/h1-2,5,8H,3-4,6-7H2,(H2,16,19). The second-order valence-corrected chi connectivity index (χ2v) is 5.00. The van der Waals surface area contributed by atoms with Crippen molar-refractivity contribution in [2.24, 2.45) is 11.7 Å². The molecule has 7 heteroatoms. The second kappa shape index (κ2) is 6.09. The van der Waals surface area contributed by atoms with Gasteiger partial charge in [-0.25, -0.2) is 4.39 Å². The molecule has 108 valence electrons. The highest BCUT2D eigenvalue weighted by molar-refractivity contribution is 6.30. The molecule has 5 nitrogen and oxygen atoms in total. The molecule has 2 rings (SSSR count). The van der Waals surface area contributed by atoms with Crippen LogP contribution in [0.2, 0.25) is 5.02 Å². The zero-order valence-corrected chi connectivity index (χ0v) is 11.4. The summed E-state index contributed by atoms with van der Waals surface area (Å²) in [6.45, 7) is 0.620. The lowest BCUT2D eigenvalue weighted by Crippen LogP contribution is -2.34. The van der Waals surface area contributed by atoms with Gasteiger partial charge < -0.3 is 15.4 Å². The van der Waals surface area contributed by atoms with Crippen LogP contribution in [0.25, 0.3) is 0 Å². The number of hydrogen-bond donors (Lipinski definition) is 1. The molecule has 1 aliphatic rings. The van der Waals surface area contributed by atoms with Crippen LogP contribution in [0.1, 0.15) is 6.42 Å². The molecule has 0 radical (unpaired) electrons. The highest BCUT2D eigenvalue weighted by atomic mass is 35.5. The summed E-state index contributed by atoms with van der Waals surface area (Å²) in [5.41, 5.74) is 5.20. The molecule has 1 atom stereocenters. The summed E-state index contributed by atoms with van der Waals surface area (Å²) in [6, 6.07) is 3.87. The van der Waals surface area contributed by atoms with Crippen LogP contribution in [0.3, 0.4) is 0 Å². The number of primary amides is 1. The Bertz CT molecular complexity index is 538. The fourth-order valence-corrected chi connectivity index (χ4v) is 2.19. The van der Waals surface area contributed by atoms with E-state index in [0.29, 0.717) is 25.3 Å². The number of likely N-dealkylation sites (tertiary alicyclic amines) is 1. The molecule has 2 N–H and O–H groups in total. The molecular weight excluding hydrogens is 287 g/mol. The third-order valence-corrected chi connectivity index (χ3v) is 3.49. The highest BCUT2D eigenvalue weighted by Gasteiger charge is 2.29. The first-order valence-corrected chi connectivity index (χ1v) is 6.50. The molecule has 0 aliphatic carbocycles. The minimum atomic E-state index is -0.547. The molecule has 1 aromatic carbocycles. The van der Waals surface area contributed by atoms with E-state index in [1.807, 2.05) is 0 Å². The van der Waals surface area contributed by atoms with E-state index in [9.17, 15) is 14.0 Å². The van der Waals surface area contributed by atoms with Gasteiger partial charge in [-0.15, -0.1) is 0 Å². The Morgan fingerprint density at radius 1 is 1.50 bits per heavy atom. The fourth-order valence-electron chi connectivity index (χ4n) is 2.02. The summed E-state index contributed by atoms with van der Waals surface area (Å²) in [4.78, 5) is 24.4. The van der Waals surface area contributed by atoms with Crippen LogP contribution in [-0.4, -0.2) is 36.4 Å². The maximum absolute atomic E-state index is 13.0. The van der Waals surface area contributed by atoms with Gasteiger partial charge in [0.15, 0.2) is 6.61 Å². The molecular formula is C13H14ClFN2O3. The van der Waals surface area contributed by atoms with E-state index < -0.39 is 11.7 Å². The molecule has 0 aromatic heterocycles. The number of nitrogens with zero attached hydrogens (tertiary/aromatic N) is 1. The van der Waals surface area contributed by atoms with Crippen LogP contribution in [-0.2, 0) is 9.59 Å². The molecule has 0 spiro atoms. The number of nitrogens with two attached hydrogens (primary N) is 1. The topological polar surface area (TPSA) is 72.6 Å². The predicted molar refractivity (Wildman–Crippen MR) is 70.8 cm³/mol. The quantitative estimate of drug-likeness (QED) is 0.908. The van der Waals surface area contributed by atoms with Crippen LogP contribution >= 0.6 is 11.6 Å². The third-order valence-electron chi connectivity index (χ3n) is 3.20. The average molecular weight is 301 g/mol. The molecule has 1 fully saturated rings. The van der Waals surface area contributed by atoms with Crippen molar-refractivity contribution in [2.75, 3.05) is 19.7 Å². The molecule has 1 saturated heterocycles. The molecule has 1 aliphatic heterocycles. The van der Waals surface area contributed by atoms with Crippen molar-refractivity contribution < 1.29 is 18.7 Å².